The maximum atomic E-state index is 12.8. The Balaban J connectivity index is 1.49. The molecule has 0 aliphatic heterocycles. The number of rotatable bonds is 3. The average molecular weight is 427 g/mol. The Hall–Kier alpha value is -3.73. The molecule has 1 aromatic carbocycles. The lowest BCUT2D eigenvalue weighted by atomic mass is 10.2. The summed E-state index contributed by atoms with van der Waals surface area (Å²) < 4.78 is 1.90. The number of anilines is 1. The van der Waals surface area contributed by atoms with Gasteiger partial charge in [0.2, 0.25) is 0 Å². The zero-order chi connectivity index (χ0) is 20.3. The van der Waals surface area contributed by atoms with E-state index in [0.717, 1.165) is 26.1 Å². The molecule has 0 bridgehead atoms. The molecule has 0 atom stereocenters. The monoisotopic (exact) mass is 426 g/mol. The van der Waals surface area contributed by atoms with Gasteiger partial charge in [-0.3, -0.25) is 9.20 Å². The summed E-state index contributed by atoms with van der Waals surface area (Å²) in [5.74, 6) is 6.71. The zero-order valence-corrected chi connectivity index (χ0v) is 17.2. The van der Waals surface area contributed by atoms with Crippen molar-refractivity contribution in [1.82, 2.24) is 14.4 Å². The molecule has 0 saturated carbocycles. The van der Waals surface area contributed by atoms with Crippen molar-refractivity contribution < 1.29 is 4.79 Å². The summed E-state index contributed by atoms with van der Waals surface area (Å²) in [5.41, 5.74) is 2.06. The lowest BCUT2D eigenvalue weighted by Gasteiger charge is -2.06. The van der Waals surface area contributed by atoms with Crippen LogP contribution in [0.1, 0.15) is 20.9 Å². The van der Waals surface area contributed by atoms with Gasteiger partial charge in [0.1, 0.15) is 17.2 Å². The van der Waals surface area contributed by atoms with Crippen LogP contribution < -0.4 is 5.32 Å². The zero-order valence-electron chi connectivity index (χ0n) is 15.6. The number of fused-ring (bicyclic) bond motifs is 1. The van der Waals surface area contributed by atoms with Crippen molar-refractivity contribution in [3.63, 3.8) is 0 Å². The SMILES string of the molecule is O=C(Nc1c(-c2ccc(C#Cc3ccccn3)s2)nc2sccn12)c1ccccc1. The Morgan fingerprint density at radius 3 is 2.70 bits per heavy atom. The third-order valence-electron chi connectivity index (χ3n) is 4.35. The van der Waals surface area contributed by atoms with Crippen LogP contribution in [0.15, 0.2) is 78.4 Å². The number of benzene rings is 1. The Labute approximate surface area is 180 Å². The summed E-state index contributed by atoms with van der Waals surface area (Å²) in [7, 11) is 0. The van der Waals surface area contributed by atoms with E-state index in [4.69, 9.17) is 4.98 Å². The third-order valence-corrected chi connectivity index (χ3v) is 6.11. The molecule has 0 saturated heterocycles. The number of thiophene rings is 1. The summed E-state index contributed by atoms with van der Waals surface area (Å²) in [6, 6.07) is 18.8. The molecule has 5 rings (SSSR count). The molecule has 0 radical (unpaired) electrons. The van der Waals surface area contributed by atoms with E-state index >= 15 is 0 Å². The molecule has 0 aliphatic rings. The summed E-state index contributed by atoms with van der Waals surface area (Å²) in [6.45, 7) is 0. The number of carbonyl (C=O) groups is 1. The smallest absolute Gasteiger partial charge is 0.256 e. The number of aromatic nitrogens is 3. The molecule has 1 N–H and O–H groups in total. The van der Waals surface area contributed by atoms with Gasteiger partial charge in [0, 0.05) is 23.3 Å². The molecule has 7 heteroatoms. The number of nitrogens with one attached hydrogen (secondary N) is 1. The molecular formula is C23H14N4OS2. The highest BCUT2D eigenvalue weighted by Gasteiger charge is 2.19. The van der Waals surface area contributed by atoms with Gasteiger partial charge in [-0.1, -0.05) is 24.3 Å². The van der Waals surface area contributed by atoms with Crippen molar-refractivity contribution in [3.8, 4) is 22.4 Å². The second kappa shape index (κ2) is 7.95. The molecule has 1 amide bonds. The quantitative estimate of drug-likeness (QED) is 0.405. The Morgan fingerprint density at radius 2 is 1.87 bits per heavy atom. The Kier molecular flexibility index (Phi) is 4.85. The van der Waals surface area contributed by atoms with Crippen LogP contribution in [0.4, 0.5) is 5.82 Å². The van der Waals surface area contributed by atoms with E-state index in [1.54, 1.807) is 18.3 Å². The van der Waals surface area contributed by atoms with Crippen LogP contribution >= 0.6 is 22.7 Å². The summed E-state index contributed by atoms with van der Waals surface area (Å²) in [5, 5.41) is 4.98. The molecule has 30 heavy (non-hydrogen) atoms. The van der Waals surface area contributed by atoms with Gasteiger partial charge in [-0.05, 0) is 48.2 Å². The Morgan fingerprint density at radius 1 is 1.00 bits per heavy atom. The van der Waals surface area contributed by atoms with Crippen molar-refractivity contribution in [2.24, 2.45) is 0 Å². The van der Waals surface area contributed by atoms with Gasteiger partial charge in [0.25, 0.3) is 5.91 Å². The minimum Gasteiger partial charge on any atom is -0.306 e. The molecule has 5 aromatic rings. The summed E-state index contributed by atoms with van der Waals surface area (Å²) in [6.07, 6.45) is 3.63. The van der Waals surface area contributed by atoms with Gasteiger partial charge < -0.3 is 5.32 Å². The number of imidazole rings is 1. The number of hydrogen-bond donors (Lipinski definition) is 1. The summed E-state index contributed by atoms with van der Waals surface area (Å²) >= 11 is 3.06. The van der Waals surface area contributed by atoms with E-state index in [0.29, 0.717) is 11.4 Å². The highest BCUT2D eigenvalue weighted by Crippen LogP contribution is 2.35. The molecule has 4 aromatic heterocycles. The van der Waals surface area contributed by atoms with Crippen LogP contribution in [-0.4, -0.2) is 20.3 Å². The highest BCUT2D eigenvalue weighted by atomic mass is 32.1. The van der Waals surface area contributed by atoms with Crippen LogP contribution in [0.25, 0.3) is 15.5 Å². The fourth-order valence-electron chi connectivity index (χ4n) is 2.94. The van der Waals surface area contributed by atoms with E-state index in [1.165, 1.54) is 22.7 Å². The second-order valence-corrected chi connectivity index (χ2v) is 8.27. The number of nitrogens with zero attached hydrogens (tertiary/aromatic N) is 3. The predicted molar refractivity (Wildman–Crippen MR) is 121 cm³/mol. The number of thiazole rings is 1. The largest absolute Gasteiger partial charge is 0.306 e. The topological polar surface area (TPSA) is 59.3 Å². The first-order chi connectivity index (χ1) is 14.8. The number of carbonyl (C=O) groups excluding carboxylic acids is 1. The number of hydrogen-bond acceptors (Lipinski definition) is 5. The van der Waals surface area contributed by atoms with E-state index in [1.807, 2.05) is 64.5 Å². The third kappa shape index (κ3) is 3.62. The molecule has 0 fully saturated rings. The van der Waals surface area contributed by atoms with Crippen molar-refractivity contribution in [3.05, 3.63) is 94.6 Å². The fourth-order valence-corrected chi connectivity index (χ4v) is 4.51. The van der Waals surface area contributed by atoms with Crippen LogP contribution in [0.2, 0.25) is 0 Å². The lowest BCUT2D eigenvalue weighted by molar-refractivity contribution is 0.102. The van der Waals surface area contributed by atoms with Gasteiger partial charge >= 0.3 is 0 Å². The molecule has 144 valence electrons. The highest BCUT2D eigenvalue weighted by molar-refractivity contribution is 7.16. The van der Waals surface area contributed by atoms with Gasteiger partial charge in [-0.2, -0.15) is 0 Å². The fraction of sp³-hybridized carbons (Fsp3) is 0. The molecule has 0 unspecified atom stereocenters. The first-order valence-electron chi connectivity index (χ1n) is 9.13. The normalized spacial score (nSPS) is 10.5. The van der Waals surface area contributed by atoms with Gasteiger partial charge in [-0.25, -0.2) is 9.97 Å². The molecule has 5 nitrogen and oxygen atoms in total. The summed E-state index contributed by atoms with van der Waals surface area (Å²) in [4.78, 5) is 24.4. The van der Waals surface area contributed by atoms with Gasteiger partial charge in [0.05, 0.1) is 9.75 Å². The van der Waals surface area contributed by atoms with E-state index in [-0.39, 0.29) is 5.91 Å². The average Bonchev–Trinajstić information content (AvgIpc) is 3.51. The molecule has 4 heterocycles. The van der Waals surface area contributed by atoms with Crippen molar-refractivity contribution in [2.75, 3.05) is 5.32 Å². The minimum atomic E-state index is -0.170. The first-order valence-corrected chi connectivity index (χ1v) is 10.8. The molecule has 0 aliphatic carbocycles. The van der Waals surface area contributed by atoms with Crippen LogP contribution in [0.5, 0.6) is 0 Å². The van der Waals surface area contributed by atoms with Crippen LogP contribution in [0, 0.1) is 11.8 Å². The molecular weight excluding hydrogens is 412 g/mol. The van der Waals surface area contributed by atoms with Crippen molar-refractivity contribution >= 4 is 39.4 Å². The standard InChI is InChI=1S/C23H14N4OS2/c28-22(16-6-2-1-3-7-16)26-21-20(25-23-27(21)14-15-29-23)19-12-11-18(30-19)10-9-17-8-4-5-13-24-17/h1-8,11-15H,(H,26,28). The maximum Gasteiger partial charge on any atom is 0.256 e. The number of pyridine rings is 1. The van der Waals surface area contributed by atoms with Crippen LogP contribution in [-0.2, 0) is 0 Å². The second-order valence-electron chi connectivity index (χ2n) is 6.31. The van der Waals surface area contributed by atoms with Gasteiger partial charge in [0.15, 0.2) is 4.96 Å². The van der Waals surface area contributed by atoms with Gasteiger partial charge in [-0.15, -0.1) is 22.7 Å². The minimum absolute atomic E-state index is 0.170. The van der Waals surface area contributed by atoms with E-state index in [2.05, 4.69) is 22.1 Å². The van der Waals surface area contributed by atoms with Crippen molar-refractivity contribution in [1.29, 1.82) is 0 Å². The van der Waals surface area contributed by atoms with Crippen molar-refractivity contribution in [2.45, 2.75) is 0 Å². The Bertz CT molecular complexity index is 1390. The van der Waals surface area contributed by atoms with E-state index in [9.17, 15) is 4.79 Å². The van der Waals surface area contributed by atoms with Crippen LogP contribution in [0.3, 0.4) is 0 Å². The number of amides is 1. The lowest BCUT2D eigenvalue weighted by Crippen LogP contribution is -2.13. The molecule has 0 spiro atoms. The predicted octanol–water partition coefficient (Wildman–Crippen LogP) is 5.17. The van der Waals surface area contributed by atoms with E-state index < -0.39 is 0 Å². The maximum absolute atomic E-state index is 12.8. The first kappa shape index (κ1) is 18.3.